The van der Waals surface area contributed by atoms with E-state index in [0.29, 0.717) is 24.4 Å². The van der Waals surface area contributed by atoms with Crippen LogP contribution in [-0.4, -0.2) is 34.2 Å². The van der Waals surface area contributed by atoms with E-state index in [1.807, 2.05) is 30.5 Å². The van der Waals surface area contributed by atoms with Gasteiger partial charge in [-0.2, -0.15) is 0 Å². The number of amides is 3. The summed E-state index contributed by atoms with van der Waals surface area (Å²) in [4.78, 5) is 42.6. The van der Waals surface area contributed by atoms with Crippen molar-refractivity contribution in [3.8, 4) is 11.5 Å². The summed E-state index contributed by atoms with van der Waals surface area (Å²) in [5.41, 5.74) is 0.780. The molecule has 1 fully saturated rings. The number of hydrogen-bond donors (Lipinski definition) is 1. The second-order valence-electron chi connectivity index (χ2n) is 7.03. The lowest BCUT2D eigenvalue weighted by atomic mass is 9.85. The molecule has 3 amide bonds. The molecule has 0 aromatic carbocycles. The Morgan fingerprint density at radius 3 is 2.61 bits per heavy atom. The first-order chi connectivity index (χ1) is 13.5. The van der Waals surface area contributed by atoms with Gasteiger partial charge in [0.25, 0.3) is 0 Å². The van der Waals surface area contributed by atoms with Crippen LogP contribution in [0.3, 0.4) is 0 Å². The molecule has 8 heteroatoms. The molecule has 0 saturated carbocycles. The first-order valence-corrected chi connectivity index (χ1v) is 10.2. The minimum Gasteiger partial charge on any atom is -0.458 e. The molecular formula is C20H21N3O4S. The van der Waals surface area contributed by atoms with Crippen molar-refractivity contribution in [1.29, 1.82) is 0 Å². The number of fused-ring (bicyclic) bond motifs is 1. The zero-order valence-corrected chi connectivity index (χ0v) is 16.3. The Bertz CT molecular complexity index is 919. The third-order valence-corrected chi connectivity index (χ3v) is 5.93. The Morgan fingerprint density at radius 1 is 1.25 bits per heavy atom. The lowest BCUT2D eigenvalue weighted by molar-refractivity contribution is -0.140. The van der Waals surface area contributed by atoms with Crippen LogP contribution >= 0.6 is 11.3 Å². The minimum absolute atomic E-state index is 0.0865. The first kappa shape index (κ1) is 18.6. The molecule has 1 N–H and O–H groups in total. The molecule has 1 aliphatic heterocycles. The lowest BCUT2D eigenvalue weighted by Crippen LogP contribution is -2.35. The molecule has 2 aliphatic rings. The van der Waals surface area contributed by atoms with Crippen LogP contribution in [0.15, 0.2) is 34.1 Å². The highest BCUT2D eigenvalue weighted by molar-refractivity contribution is 7.09. The Hall–Kier alpha value is -2.74. The minimum atomic E-state index is -0.253. The van der Waals surface area contributed by atoms with Crippen LogP contribution in [0.25, 0.3) is 11.5 Å². The predicted octanol–water partition coefficient (Wildman–Crippen LogP) is 2.67. The SMILES string of the molecule is Cc1nc(-c2ccc(CNC(=O)CCN3C(=O)[C@H]4CC=CC[C@H]4C3=O)o2)cs1. The van der Waals surface area contributed by atoms with Gasteiger partial charge in [0, 0.05) is 18.3 Å². The van der Waals surface area contributed by atoms with E-state index in [1.165, 1.54) is 4.90 Å². The highest BCUT2D eigenvalue weighted by Gasteiger charge is 2.46. The molecule has 3 heterocycles. The van der Waals surface area contributed by atoms with Gasteiger partial charge in [0.15, 0.2) is 5.76 Å². The molecule has 4 rings (SSSR count). The summed E-state index contributed by atoms with van der Waals surface area (Å²) in [6.07, 6.45) is 5.21. The van der Waals surface area contributed by atoms with Gasteiger partial charge in [-0.05, 0) is 31.9 Å². The van der Waals surface area contributed by atoms with E-state index in [-0.39, 0.29) is 49.1 Å². The predicted molar refractivity (Wildman–Crippen MR) is 103 cm³/mol. The number of nitrogens with one attached hydrogen (secondary N) is 1. The average Bonchev–Trinajstić information content (AvgIpc) is 3.39. The number of carbonyl (C=O) groups excluding carboxylic acids is 3. The number of carbonyl (C=O) groups is 3. The Labute approximate surface area is 166 Å². The number of hydrogen-bond acceptors (Lipinski definition) is 6. The van der Waals surface area contributed by atoms with Crippen molar-refractivity contribution in [3.63, 3.8) is 0 Å². The number of allylic oxidation sites excluding steroid dienone is 2. The van der Waals surface area contributed by atoms with E-state index < -0.39 is 0 Å². The van der Waals surface area contributed by atoms with Gasteiger partial charge in [-0.1, -0.05) is 12.2 Å². The van der Waals surface area contributed by atoms with E-state index in [1.54, 1.807) is 17.4 Å². The quantitative estimate of drug-likeness (QED) is 0.595. The number of furan rings is 1. The molecule has 28 heavy (non-hydrogen) atoms. The lowest BCUT2D eigenvalue weighted by Gasteiger charge is -2.14. The molecule has 1 aliphatic carbocycles. The second-order valence-corrected chi connectivity index (χ2v) is 8.09. The van der Waals surface area contributed by atoms with Crippen LogP contribution in [0.4, 0.5) is 0 Å². The van der Waals surface area contributed by atoms with Gasteiger partial charge in [-0.3, -0.25) is 19.3 Å². The van der Waals surface area contributed by atoms with E-state index in [0.717, 1.165) is 10.7 Å². The number of likely N-dealkylation sites (tertiary alicyclic amines) is 1. The van der Waals surface area contributed by atoms with Crippen molar-refractivity contribution in [3.05, 3.63) is 40.4 Å². The highest BCUT2D eigenvalue weighted by Crippen LogP contribution is 2.35. The average molecular weight is 399 g/mol. The number of aryl methyl sites for hydroxylation is 1. The number of imide groups is 1. The number of thiazole rings is 1. The molecule has 146 valence electrons. The van der Waals surface area contributed by atoms with Crippen molar-refractivity contribution < 1.29 is 18.8 Å². The van der Waals surface area contributed by atoms with E-state index in [4.69, 9.17) is 4.42 Å². The van der Waals surface area contributed by atoms with Crippen molar-refractivity contribution >= 4 is 29.1 Å². The van der Waals surface area contributed by atoms with Gasteiger partial charge < -0.3 is 9.73 Å². The maximum atomic E-state index is 12.4. The number of aromatic nitrogens is 1. The van der Waals surface area contributed by atoms with Gasteiger partial charge in [0.05, 0.1) is 23.4 Å². The van der Waals surface area contributed by atoms with Gasteiger partial charge in [-0.25, -0.2) is 4.98 Å². The monoisotopic (exact) mass is 399 g/mol. The molecule has 0 unspecified atom stereocenters. The summed E-state index contributed by atoms with van der Waals surface area (Å²) < 4.78 is 5.71. The maximum absolute atomic E-state index is 12.4. The number of nitrogens with zero attached hydrogens (tertiary/aromatic N) is 2. The fraction of sp³-hybridized carbons (Fsp3) is 0.400. The zero-order valence-electron chi connectivity index (χ0n) is 15.5. The third kappa shape index (κ3) is 3.64. The Kier molecular flexibility index (Phi) is 5.13. The topological polar surface area (TPSA) is 92.5 Å². The Balaban J connectivity index is 1.27. The molecule has 0 radical (unpaired) electrons. The van der Waals surface area contributed by atoms with Gasteiger partial charge in [0.2, 0.25) is 17.7 Å². The van der Waals surface area contributed by atoms with Crippen molar-refractivity contribution in [2.24, 2.45) is 11.8 Å². The van der Waals surface area contributed by atoms with Crippen LogP contribution in [0.1, 0.15) is 30.0 Å². The summed E-state index contributed by atoms with van der Waals surface area (Å²) in [6, 6.07) is 3.63. The highest BCUT2D eigenvalue weighted by atomic mass is 32.1. The van der Waals surface area contributed by atoms with Crippen molar-refractivity contribution in [2.45, 2.75) is 32.7 Å². The molecule has 2 aromatic heterocycles. The summed E-state index contributed by atoms with van der Waals surface area (Å²) in [5, 5.41) is 5.66. The summed E-state index contributed by atoms with van der Waals surface area (Å²) in [6.45, 7) is 2.30. The summed E-state index contributed by atoms with van der Waals surface area (Å²) >= 11 is 1.55. The Morgan fingerprint density at radius 2 is 1.96 bits per heavy atom. The zero-order chi connectivity index (χ0) is 19.7. The van der Waals surface area contributed by atoms with Crippen LogP contribution < -0.4 is 5.32 Å². The van der Waals surface area contributed by atoms with E-state index >= 15 is 0 Å². The van der Waals surface area contributed by atoms with Crippen molar-refractivity contribution in [1.82, 2.24) is 15.2 Å². The van der Waals surface area contributed by atoms with Crippen molar-refractivity contribution in [2.75, 3.05) is 6.54 Å². The molecule has 7 nitrogen and oxygen atoms in total. The molecular weight excluding hydrogens is 378 g/mol. The van der Waals surface area contributed by atoms with Crippen LogP contribution in [0, 0.1) is 18.8 Å². The van der Waals surface area contributed by atoms with Gasteiger partial charge >= 0.3 is 0 Å². The van der Waals surface area contributed by atoms with Crippen LogP contribution in [0.5, 0.6) is 0 Å². The standard InChI is InChI=1S/C20H21N3O4S/c1-12-22-16(11-28-12)17-7-6-13(27-17)10-21-18(24)8-9-23-19(25)14-4-2-3-5-15(14)20(23)26/h2-3,6-7,11,14-15H,4-5,8-10H2,1H3,(H,21,24)/t14-,15+. The van der Waals surface area contributed by atoms with E-state index in [9.17, 15) is 14.4 Å². The van der Waals surface area contributed by atoms with E-state index in [2.05, 4.69) is 10.3 Å². The fourth-order valence-electron chi connectivity index (χ4n) is 3.66. The molecule has 0 spiro atoms. The second kappa shape index (κ2) is 7.71. The molecule has 2 atom stereocenters. The first-order valence-electron chi connectivity index (χ1n) is 9.31. The van der Waals surface area contributed by atoms with Gasteiger partial charge in [0.1, 0.15) is 11.5 Å². The maximum Gasteiger partial charge on any atom is 0.233 e. The summed E-state index contributed by atoms with van der Waals surface area (Å²) in [7, 11) is 0. The normalized spacial score (nSPS) is 21.2. The smallest absolute Gasteiger partial charge is 0.233 e. The van der Waals surface area contributed by atoms with Crippen LogP contribution in [0.2, 0.25) is 0 Å². The largest absolute Gasteiger partial charge is 0.458 e. The van der Waals surface area contributed by atoms with Gasteiger partial charge in [-0.15, -0.1) is 11.3 Å². The fourth-order valence-corrected chi connectivity index (χ4v) is 4.27. The molecule has 2 aromatic rings. The van der Waals surface area contributed by atoms with Crippen LogP contribution in [-0.2, 0) is 20.9 Å². The molecule has 0 bridgehead atoms. The summed E-state index contributed by atoms with van der Waals surface area (Å²) in [5.74, 6) is 0.254. The number of rotatable bonds is 6. The third-order valence-electron chi connectivity index (χ3n) is 5.15. The molecule has 1 saturated heterocycles.